The molecule has 142 valence electrons. The van der Waals surface area contributed by atoms with Gasteiger partial charge < -0.3 is 5.32 Å². The van der Waals surface area contributed by atoms with Gasteiger partial charge >= 0.3 is 0 Å². The van der Waals surface area contributed by atoms with Gasteiger partial charge in [0, 0.05) is 11.9 Å². The third-order valence-electron chi connectivity index (χ3n) is 3.76. The van der Waals surface area contributed by atoms with Gasteiger partial charge in [-0.25, -0.2) is 8.78 Å². The van der Waals surface area contributed by atoms with Crippen molar-refractivity contribution in [2.45, 2.75) is 26.4 Å². The minimum absolute atomic E-state index is 0.170. The fourth-order valence-electron chi connectivity index (χ4n) is 2.48. The van der Waals surface area contributed by atoms with E-state index in [0.717, 1.165) is 5.56 Å². The van der Waals surface area contributed by atoms with Crippen LogP contribution in [0, 0.1) is 6.92 Å². The molecule has 0 fully saturated rings. The van der Waals surface area contributed by atoms with Crippen LogP contribution < -0.4 is 5.32 Å². The molecular weight excluding hydrogens is 399 g/mol. The van der Waals surface area contributed by atoms with Crippen molar-refractivity contribution in [3.63, 3.8) is 0 Å². The zero-order valence-electron chi connectivity index (χ0n) is 14.2. The van der Waals surface area contributed by atoms with E-state index >= 15 is 0 Å². The molecule has 0 atom stereocenters. The van der Waals surface area contributed by atoms with Crippen LogP contribution in [0.3, 0.4) is 0 Å². The topological polar surface area (TPSA) is 64.7 Å². The number of rotatable bonds is 6. The average Bonchev–Trinajstić information content (AvgIpc) is 3.18. The molecule has 0 saturated heterocycles. The summed E-state index contributed by atoms with van der Waals surface area (Å²) in [6, 6.07) is 6.53. The van der Waals surface area contributed by atoms with E-state index in [2.05, 4.69) is 15.5 Å². The first-order valence-corrected chi connectivity index (χ1v) is 8.66. The van der Waals surface area contributed by atoms with Crippen LogP contribution in [0.4, 0.5) is 14.5 Å². The molecule has 10 heteroatoms. The minimum Gasteiger partial charge on any atom is -0.322 e. The molecule has 0 spiro atoms. The summed E-state index contributed by atoms with van der Waals surface area (Å²) < 4.78 is 28.2. The fraction of sp³-hybridized carbons (Fsp3) is 0.235. The van der Waals surface area contributed by atoms with Crippen molar-refractivity contribution in [3.8, 4) is 0 Å². The lowest BCUT2D eigenvalue weighted by atomic mass is 10.2. The molecule has 1 amide bonds. The highest BCUT2D eigenvalue weighted by atomic mass is 35.5. The predicted octanol–water partition coefficient (Wildman–Crippen LogP) is 4.32. The molecule has 27 heavy (non-hydrogen) atoms. The summed E-state index contributed by atoms with van der Waals surface area (Å²) >= 11 is 11.9. The van der Waals surface area contributed by atoms with Crippen LogP contribution in [0.5, 0.6) is 0 Å². The van der Waals surface area contributed by atoms with E-state index < -0.39 is 12.3 Å². The van der Waals surface area contributed by atoms with Crippen LogP contribution in [-0.2, 0) is 17.9 Å². The molecule has 0 aliphatic rings. The molecule has 2 aromatic heterocycles. The lowest BCUT2D eigenvalue weighted by Gasteiger charge is -2.05. The molecule has 3 aromatic rings. The van der Waals surface area contributed by atoms with Crippen LogP contribution in [0.25, 0.3) is 0 Å². The van der Waals surface area contributed by atoms with Gasteiger partial charge in [-0.1, -0.05) is 29.3 Å². The SMILES string of the molecule is Cc1cc(C(F)F)nn1CC(=O)Nc1cnn(Cc2ccc(Cl)c(Cl)c2)c1. The summed E-state index contributed by atoms with van der Waals surface area (Å²) in [5.41, 5.74) is 1.52. The third-order valence-corrected chi connectivity index (χ3v) is 4.50. The number of halogens is 4. The lowest BCUT2D eigenvalue weighted by Crippen LogP contribution is -2.20. The van der Waals surface area contributed by atoms with Gasteiger partial charge in [-0.3, -0.25) is 14.2 Å². The Morgan fingerprint density at radius 2 is 2.04 bits per heavy atom. The maximum atomic E-state index is 12.7. The van der Waals surface area contributed by atoms with Crippen molar-refractivity contribution in [2.24, 2.45) is 0 Å². The van der Waals surface area contributed by atoms with E-state index in [1.807, 2.05) is 6.07 Å². The predicted molar refractivity (Wildman–Crippen MR) is 98.3 cm³/mol. The number of hydrogen-bond donors (Lipinski definition) is 1. The Morgan fingerprint density at radius 3 is 2.70 bits per heavy atom. The standard InChI is InChI=1S/C17H15Cl2F2N5O/c1-10-4-15(17(20)21)24-26(10)9-16(27)23-12-6-22-25(8-12)7-11-2-3-13(18)14(19)5-11/h2-6,8,17H,7,9H2,1H3,(H,23,27). The number of hydrogen-bond acceptors (Lipinski definition) is 3. The number of anilines is 1. The Labute approximate surface area is 163 Å². The van der Waals surface area contributed by atoms with Gasteiger partial charge in [-0.05, 0) is 30.7 Å². The van der Waals surface area contributed by atoms with Gasteiger partial charge in [-0.2, -0.15) is 10.2 Å². The Balaban J connectivity index is 1.61. The number of carbonyl (C=O) groups is 1. The smallest absolute Gasteiger partial charge is 0.282 e. The van der Waals surface area contributed by atoms with E-state index in [9.17, 15) is 13.6 Å². The summed E-state index contributed by atoms with van der Waals surface area (Å²) in [6.07, 6.45) is 0.476. The van der Waals surface area contributed by atoms with Crippen molar-refractivity contribution in [2.75, 3.05) is 5.32 Å². The van der Waals surface area contributed by atoms with E-state index in [1.54, 1.807) is 29.9 Å². The number of amides is 1. The summed E-state index contributed by atoms with van der Waals surface area (Å²) in [4.78, 5) is 12.1. The number of alkyl halides is 2. The first-order chi connectivity index (χ1) is 12.8. The van der Waals surface area contributed by atoms with Crippen molar-refractivity contribution < 1.29 is 13.6 Å². The maximum Gasteiger partial charge on any atom is 0.282 e. The second kappa shape index (κ2) is 8.06. The largest absolute Gasteiger partial charge is 0.322 e. The number of nitrogens with zero attached hydrogens (tertiary/aromatic N) is 4. The molecule has 1 N–H and O–H groups in total. The molecule has 0 bridgehead atoms. The van der Waals surface area contributed by atoms with Crippen molar-refractivity contribution in [1.82, 2.24) is 19.6 Å². The fourth-order valence-corrected chi connectivity index (χ4v) is 2.80. The highest BCUT2D eigenvalue weighted by Gasteiger charge is 2.15. The quantitative estimate of drug-likeness (QED) is 0.654. The van der Waals surface area contributed by atoms with E-state index in [1.165, 1.54) is 16.9 Å². The molecule has 3 rings (SSSR count). The maximum absolute atomic E-state index is 12.7. The van der Waals surface area contributed by atoms with Crippen LogP contribution >= 0.6 is 23.2 Å². The summed E-state index contributed by atoms with van der Waals surface area (Å²) in [7, 11) is 0. The summed E-state index contributed by atoms with van der Waals surface area (Å²) in [5.74, 6) is -0.392. The Kier molecular flexibility index (Phi) is 5.76. The van der Waals surface area contributed by atoms with Gasteiger partial charge in [0.1, 0.15) is 12.2 Å². The molecule has 0 radical (unpaired) electrons. The second-order valence-electron chi connectivity index (χ2n) is 5.89. The monoisotopic (exact) mass is 413 g/mol. The summed E-state index contributed by atoms with van der Waals surface area (Å²) in [5, 5.41) is 11.5. The zero-order chi connectivity index (χ0) is 19.6. The van der Waals surface area contributed by atoms with E-state index in [0.29, 0.717) is 28.0 Å². The highest BCUT2D eigenvalue weighted by molar-refractivity contribution is 6.42. The molecular formula is C17H15Cl2F2N5O. The molecule has 6 nitrogen and oxygen atoms in total. The van der Waals surface area contributed by atoms with Crippen LogP contribution in [0.15, 0.2) is 36.7 Å². The Bertz CT molecular complexity index is 970. The number of carbonyl (C=O) groups excluding carboxylic acids is 1. The summed E-state index contributed by atoms with van der Waals surface area (Å²) in [6.45, 7) is 1.89. The average molecular weight is 414 g/mol. The van der Waals surface area contributed by atoms with Crippen LogP contribution in [0.2, 0.25) is 10.0 Å². The molecule has 0 unspecified atom stereocenters. The van der Waals surface area contributed by atoms with Crippen molar-refractivity contribution in [1.29, 1.82) is 0 Å². The van der Waals surface area contributed by atoms with Crippen LogP contribution in [-0.4, -0.2) is 25.5 Å². The number of nitrogens with one attached hydrogen (secondary N) is 1. The number of aryl methyl sites for hydroxylation is 1. The Hall–Kier alpha value is -2.45. The Morgan fingerprint density at radius 1 is 1.26 bits per heavy atom. The minimum atomic E-state index is -2.67. The number of benzene rings is 1. The van der Waals surface area contributed by atoms with Gasteiger partial charge in [0.25, 0.3) is 6.43 Å². The zero-order valence-corrected chi connectivity index (χ0v) is 15.7. The van der Waals surface area contributed by atoms with Gasteiger partial charge in [0.15, 0.2) is 0 Å². The lowest BCUT2D eigenvalue weighted by molar-refractivity contribution is -0.117. The van der Waals surface area contributed by atoms with Crippen LogP contribution in [0.1, 0.15) is 23.4 Å². The first kappa shape index (κ1) is 19.3. The molecule has 2 heterocycles. The molecule has 0 aliphatic heterocycles. The third kappa shape index (κ3) is 4.84. The normalized spacial score (nSPS) is 11.2. The first-order valence-electron chi connectivity index (χ1n) is 7.90. The van der Waals surface area contributed by atoms with E-state index in [-0.39, 0.29) is 12.2 Å². The van der Waals surface area contributed by atoms with Crippen molar-refractivity contribution >= 4 is 34.8 Å². The second-order valence-corrected chi connectivity index (χ2v) is 6.71. The number of aromatic nitrogens is 4. The van der Waals surface area contributed by atoms with E-state index in [4.69, 9.17) is 23.2 Å². The molecule has 0 aliphatic carbocycles. The molecule has 0 saturated carbocycles. The van der Waals surface area contributed by atoms with Gasteiger partial charge in [0.2, 0.25) is 5.91 Å². The van der Waals surface area contributed by atoms with Crippen molar-refractivity contribution in [3.05, 3.63) is 63.7 Å². The van der Waals surface area contributed by atoms with Gasteiger partial charge in [-0.15, -0.1) is 0 Å². The highest BCUT2D eigenvalue weighted by Crippen LogP contribution is 2.23. The molecule has 1 aromatic carbocycles. The van der Waals surface area contributed by atoms with Gasteiger partial charge in [0.05, 0.1) is 28.5 Å².